The van der Waals surface area contributed by atoms with E-state index in [0.717, 1.165) is 36.7 Å². The second kappa shape index (κ2) is 7.27. The fourth-order valence-electron chi connectivity index (χ4n) is 3.43. The van der Waals surface area contributed by atoms with Crippen LogP contribution in [0.4, 0.5) is 4.79 Å². The number of nitrogens with zero attached hydrogens (tertiary/aromatic N) is 3. The van der Waals surface area contributed by atoms with Gasteiger partial charge in [-0.25, -0.2) is 9.48 Å². The molecule has 2 aliphatic rings. The van der Waals surface area contributed by atoms with Gasteiger partial charge in [-0.15, -0.1) is 0 Å². The summed E-state index contributed by atoms with van der Waals surface area (Å²) >= 11 is 0. The molecule has 0 spiro atoms. The second-order valence-corrected chi connectivity index (χ2v) is 7.14. The van der Waals surface area contributed by atoms with Crippen LogP contribution in [0.15, 0.2) is 42.7 Å². The monoisotopic (exact) mass is 339 g/mol. The maximum absolute atomic E-state index is 12.2. The van der Waals surface area contributed by atoms with Crippen LogP contribution >= 0.6 is 0 Å². The first kappa shape index (κ1) is 16.1. The summed E-state index contributed by atoms with van der Waals surface area (Å²) < 4.78 is 1.82. The molecular formula is C19H25N5O. The molecule has 1 aromatic carbocycles. The maximum Gasteiger partial charge on any atom is 0.315 e. The molecule has 1 saturated heterocycles. The number of amides is 2. The Hall–Kier alpha value is -2.34. The summed E-state index contributed by atoms with van der Waals surface area (Å²) in [6, 6.07) is 10.1. The Balaban J connectivity index is 1.24. The molecule has 1 aliphatic carbocycles. The van der Waals surface area contributed by atoms with E-state index in [0.29, 0.717) is 6.54 Å². The van der Waals surface area contributed by atoms with Crippen molar-refractivity contribution in [2.24, 2.45) is 5.92 Å². The van der Waals surface area contributed by atoms with Crippen molar-refractivity contribution < 1.29 is 4.79 Å². The number of hydrogen-bond acceptors (Lipinski definition) is 3. The average molecular weight is 339 g/mol. The summed E-state index contributed by atoms with van der Waals surface area (Å²) in [5, 5.41) is 10.3. The fraction of sp³-hybridized carbons (Fsp3) is 0.474. The van der Waals surface area contributed by atoms with Crippen LogP contribution in [0.25, 0.3) is 5.69 Å². The summed E-state index contributed by atoms with van der Waals surface area (Å²) in [5.74, 6) is 0.912. The van der Waals surface area contributed by atoms with Gasteiger partial charge in [0.1, 0.15) is 0 Å². The smallest absolute Gasteiger partial charge is 0.315 e. The lowest BCUT2D eigenvalue weighted by Crippen LogP contribution is -2.43. The van der Waals surface area contributed by atoms with Crippen LogP contribution in [0.5, 0.6) is 0 Å². The lowest BCUT2D eigenvalue weighted by Gasteiger charge is -2.16. The van der Waals surface area contributed by atoms with Gasteiger partial charge >= 0.3 is 6.03 Å². The van der Waals surface area contributed by atoms with Crippen molar-refractivity contribution in [1.82, 2.24) is 25.3 Å². The Kier molecular flexibility index (Phi) is 4.70. The first-order valence-corrected chi connectivity index (χ1v) is 9.12. The van der Waals surface area contributed by atoms with E-state index in [1.807, 2.05) is 41.2 Å². The minimum absolute atomic E-state index is 0.0808. The molecule has 132 valence electrons. The van der Waals surface area contributed by atoms with Gasteiger partial charge < -0.3 is 15.5 Å². The third-order valence-electron chi connectivity index (χ3n) is 4.95. The van der Waals surface area contributed by atoms with Crippen molar-refractivity contribution in [2.45, 2.75) is 31.8 Å². The highest BCUT2D eigenvalue weighted by atomic mass is 16.2. The number of hydrogen-bond donors (Lipinski definition) is 2. The van der Waals surface area contributed by atoms with Crippen molar-refractivity contribution in [2.75, 3.05) is 19.6 Å². The van der Waals surface area contributed by atoms with E-state index in [1.54, 1.807) is 6.20 Å². The molecule has 2 amide bonds. The number of nitrogens with one attached hydrogen (secondary N) is 2. The summed E-state index contributed by atoms with van der Waals surface area (Å²) in [4.78, 5) is 14.7. The molecular weight excluding hydrogens is 314 g/mol. The molecule has 1 saturated carbocycles. The van der Waals surface area contributed by atoms with E-state index >= 15 is 0 Å². The Morgan fingerprint density at radius 1 is 1.24 bits per heavy atom. The summed E-state index contributed by atoms with van der Waals surface area (Å²) in [5.41, 5.74) is 2.06. The zero-order valence-corrected chi connectivity index (χ0v) is 14.4. The third-order valence-corrected chi connectivity index (χ3v) is 4.95. The highest BCUT2D eigenvalue weighted by Gasteiger charge is 2.29. The number of rotatable bonds is 6. The topological polar surface area (TPSA) is 62.2 Å². The predicted molar refractivity (Wildman–Crippen MR) is 96.5 cm³/mol. The van der Waals surface area contributed by atoms with Crippen LogP contribution < -0.4 is 10.6 Å². The van der Waals surface area contributed by atoms with Crippen LogP contribution in [0.1, 0.15) is 24.8 Å². The van der Waals surface area contributed by atoms with Crippen molar-refractivity contribution >= 4 is 6.03 Å². The van der Waals surface area contributed by atoms with E-state index in [4.69, 9.17) is 0 Å². The number of benzene rings is 1. The van der Waals surface area contributed by atoms with E-state index < -0.39 is 0 Å². The van der Waals surface area contributed by atoms with Crippen LogP contribution in [-0.4, -0.2) is 46.4 Å². The highest BCUT2D eigenvalue weighted by molar-refractivity contribution is 5.74. The van der Waals surface area contributed by atoms with Crippen molar-refractivity contribution in [3.05, 3.63) is 48.3 Å². The van der Waals surface area contributed by atoms with Crippen LogP contribution in [0.2, 0.25) is 0 Å². The summed E-state index contributed by atoms with van der Waals surface area (Å²) in [6.45, 7) is 3.81. The molecule has 2 aromatic rings. The Morgan fingerprint density at radius 3 is 2.96 bits per heavy atom. The Bertz CT molecular complexity index is 710. The van der Waals surface area contributed by atoms with E-state index in [1.165, 1.54) is 19.4 Å². The molecule has 4 rings (SSSR count). The molecule has 1 aliphatic heterocycles. The van der Waals surface area contributed by atoms with Gasteiger partial charge in [-0.3, -0.25) is 0 Å². The van der Waals surface area contributed by atoms with Gasteiger partial charge in [-0.05, 0) is 48.9 Å². The van der Waals surface area contributed by atoms with E-state index in [9.17, 15) is 4.79 Å². The minimum Gasteiger partial charge on any atom is -0.334 e. The number of carbonyl (C=O) groups is 1. The average Bonchev–Trinajstić information content (AvgIpc) is 3.10. The molecule has 2 heterocycles. The zero-order chi connectivity index (χ0) is 17.1. The van der Waals surface area contributed by atoms with Gasteiger partial charge in [-0.2, -0.15) is 5.10 Å². The molecule has 1 unspecified atom stereocenters. The van der Waals surface area contributed by atoms with Crippen molar-refractivity contribution in [1.29, 1.82) is 0 Å². The summed E-state index contributed by atoms with van der Waals surface area (Å²) in [7, 11) is 0. The van der Waals surface area contributed by atoms with Gasteiger partial charge in [-0.1, -0.05) is 12.1 Å². The molecule has 0 radical (unpaired) electrons. The molecule has 2 fully saturated rings. The quantitative estimate of drug-likeness (QED) is 0.848. The number of urea groups is 1. The van der Waals surface area contributed by atoms with Gasteiger partial charge in [0.05, 0.1) is 5.69 Å². The largest absolute Gasteiger partial charge is 0.334 e. The number of aromatic nitrogens is 2. The van der Waals surface area contributed by atoms with E-state index in [-0.39, 0.29) is 12.1 Å². The minimum atomic E-state index is -0.0808. The van der Waals surface area contributed by atoms with Crippen molar-refractivity contribution in [3.8, 4) is 5.69 Å². The lowest BCUT2D eigenvalue weighted by molar-refractivity contribution is 0.235. The number of carbonyl (C=O) groups excluding carboxylic acids is 1. The number of likely N-dealkylation sites (tertiary alicyclic amines) is 1. The molecule has 25 heavy (non-hydrogen) atoms. The maximum atomic E-state index is 12.2. The SMILES string of the molecule is O=C(NCc1cccc(-n2cccn2)c1)NC1CCN(CC2CC2)C1. The van der Waals surface area contributed by atoms with Gasteiger partial charge in [0.25, 0.3) is 0 Å². The first-order chi connectivity index (χ1) is 12.3. The Labute approximate surface area is 148 Å². The van der Waals surface area contributed by atoms with Crippen molar-refractivity contribution in [3.63, 3.8) is 0 Å². The van der Waals surface area contributed by atoms with Crippen LogP contribution in [-0.2, 0) is 6.54 Å². The lowest BCUT2D eigenvalue weighted by atomic mass is 10.2. The van der Waals surface area contributed by atoms with Gasteiger partial charge in [0, 0.05) is 44.6 Å². The van der Waals surface area contributed by atoms with Gasteiger partial charge in [0.15, 0.2) is 0 Å². The third kappa shape index (κ3) is 4.39. The zero-order valence-electron chi connectivity index (χ0n) is 14.4. The van der Waals surface area contributed by atoms with Crippen LogP contribution in [0, 0.1) is 5.92 Å². The fourth-order valence-corrected chi connectivity index (χ4v) is 3.43. The molecule has 0 bridgehead atoms. The second-order valence-electron chi connectivity index (χ2n) is 7.14. The molecule has 1 aromatic heterocycles. The standard InChI is InChI=1S/C19H25N5O/c25-19(22-17-7-10-23(14-17)13-15-5-6-15)20-12-16-3-1-4-18(11-16)24-9-2-8-21-24/h1-4,8-9,11,15,17H,5-7,10,12-14H2,(H2,20,22,25). The molecule has 1 atom stereocenters. The summed E-state index contributed by atoms with van der Waals surface area (Å²) in [6.07, 6.45) is 7.48. The molecule has 6 heteroatoms. The highest BCUT2D eigenvalue weighted by Crippen LogP contribution is 2.30. The van der Waals surface area contributed by atoms with E-state index in [2.05, 4.69) is 20.6 Å². The van der Waals surface area contributed by atoms with Crippen LogP contribution in [0.3, 0.4) is 0 Å². The molecule has 2 N–H and O–H groups in total. The normalized spacial score (nSPS) is 20.6. The van der Waals surface area contributed by atoms with Gasteiger partial charge in [0.2, 0.25) is 0 Å². The predicted octanol–water partition coefficient (Wildman–Crippen LogP) is 2.16. The first-order valence-electron chi connectivity index (χ1n) is 9.12. The molecule has 6 nitrogen and oxygen atoms in total. The Morgan fingerprint density at radius 2 is 2.16 bits per heavy atom.